The molecule has 0 aliphatic rings. The van der Waals surface area contributed by atoms with Gasteiger partial charge in [0.05, 0.1) is 0 Å². The van der Waals surface area contributed by atoms with Crippen molar-refractivity contribution in [1.29, 1.82) is 0 Å². The van der Waals surface area contributed by atoms with Gasteiger partial charge in [-0.25, -0.2) is 0 Å². The summed E-state index contributed by atoms with van der Waals surface area (Å²) >= 11 is -1.19. The van der Waals surface area contributed by atoms with Crippen molar-refractivity contribution in [2.24, 2.45) is 5.41 Å². The minimum absolute atomic E-state index is 0.101. The topological polar surface area (TPSA) is 17.1 Å². The number of rotatable bonds is 3. The van der Waals surface area contributed by atoms with Gasteiger partial charge in [-0.3, -0.25) is 0 Å². The molecule has 0 aliphatic carbocycles. The quantitative estimate of drug-likeness (QED) is 0.714. The predicted molar refractivity (Wildman–Crippen MR) is 64.0 cm³/mol. The second-order valence-corrected chi connectivity index (χ2v) is 25.0. The molecule has 0 N–H and O–H groups in total. The summed E-state index contributed by atoms with van der Waals surface area (Å²) in [5.41, 5.74) is -0.101. The summed E-state index contributed by atoms with van der Waals surface area (Å²) in [7, 11) is 0. The Labute approximate surface area is 88.0 Å². The first-order valence-corrected chi connectivity index (χ1v) is 13.5. The molecule has 3 heteroatoms. The van der Waals surface area contributed by atoms with Gasteiger partial charge in [-0.1, -0.05) is 0 Å². The SMILES string of the molecule is CC[As](C(=O)C(C)(C)C)[Si](C)(C)C. The molecule has 0 saturated heterocycles. The van der Waals surface area contributed by atoms with Crippen LogP contribution < -0.4 is 0 Å². The Balaban J connectivity index is 4.72. The van der Waals surface area contributed by atoms with Gasteiger partial charge in [0.2, 0.25) is 0 Å². The van der Waals surface area contributed by atoms with Crippen LogP contribution in [-0.2, 0) is 4.79 Å². The van der Waals surface area contributed by atoms with Crippen molar-refractivity contribution in [1.82, 2.24) is 0 Å². The van der Waals surface area contributed by atoms with E-state index in [2.05, 4.69) is 47.3 Å². The van der Waals surface area contributed by atoms with Crippen LogP contribution in [0.3, 0.4) is 0 Å². The third kappa shape index (κ3) is 3.99. The molecule has 0 heterocycles. The molecule has 1 atom stereocenters. The van der Waals surface area contributed by atoms with Gasteiger partial charge in [-0.05, 0) is 0 Å². The van der Waals surface area contributed by atoms with E-state index in [1.165, 1.54) is 0 Å². The summed E-state index contributed by atoms with van der Waals surface area (Å²) < 4.78 is 0.599. The number of hydrogen-bond donors (Lipinski definition) is 0. The standard InChI is InChI=1S/C10H23AsOSi/c1-8-11(13(5,6)7)9(12)10(2,3)4/h8H2,1-7H3. The van der Waals surface area contributed by atoms with Gasteiger partial charge < -0.3 is 0 Å². The Kier molecular flexibility index (Phi) is 4.46. The van der Waals surface area contributed by atoms with Crippen LogP contribution in [0.15, 0.2) is 0 Å². The van der Waals surface area contributed by atoms with Crippen molar-refractivity contribution in [3.05, 3.63) is 0 Å². The molecule has 0 aliphatic heterocycles. The maximum atomic E-state index is 12.1. The van der Waals surface area contributed by atoms with Crippen LogP contribution in [0.25, 0.3) is 0 Å². The second kappa shape index (κ2) is 4.31. The molecule has 0 aromatic heterocycles. The molecule has 0 aromatic rings. The number of hydrogen-bond acceptors (Lipinski definition) is 1. The van der Waals surface area contributed by atoms with Crippen LogP contribution in [0, 0.1) is 5.41 Å². The summed E-state index contributed by atoms with van der Waals surface area (Å²) in [5.74, 6) is 0. The van der Waals surface area contributed by atoms with Crippen LogP contribution in [0.2, 0.25) is 24.8 Å². The van der Waals surface area contributed by atoms with E-state index in [0.29, 0.717) is 4.57 Å². The van der Waals surface area contributed by atoms with Crippen LogP contribution in [-0.4, -0.2) is 25.1 Å². The van der Waals surface area contributed by atoms with E-state index in [1.54, 1.807) is 0 Å². The van der Waals surface area contributed by atoms with Gasteiger partial charge in [-0.2, -0.15) is 0 Å². The predicted octanol–water partition coefficient (Wildman–Crippen LogP) is 3.07. The molecule has 1 unspecified atom stereocenters. The van der Waals surface area contributed by atoms with Gasteiger partial charge in [-0.15, -0.1) is 0 Å². The van der Waals surface area contributed by atoms with Crippen LogP contribution >= 0.6 is 0 Å². The van der Waals surface area contributed by atoms with Crippen molar-refractivity contribution >= 4 is 25.1 Å². The molecule has 78 valence electrons. The first-order valence-electron chi connectivity index (χ1n) is 4.92. The maximum absolute atomic E-state index is 12.1. The molecule has 1 nitrogen and oxygen atoms in total. The van der Waals surface area contributed by atoms with E-state index in [9.17, 15) is 4.79 Å². The third-order valence-corrected chi connectivity index (χ3v) is 20.3. The Morgan fingerprint density at radius 3 is 1.69 bits per heavy atom. The number of carbonyl (C=O) groups excluding carboxylic acids is 1. The molecular weight excluding hydrogens is 239 g/mol. The molecule has 0 radical (unpaired) electrons. The van der Waals surface area contributed by atoms with Crippen molar-refractivity contribution in [3.63, 3.8) is 0 Å². The summed E-state index contributed by atoms with van der Waals surface area (Å²) in [6.07, 6.45) is 0. The Bertz CT molecular complexity index is 188. The monoisotopic (exact) mass is 262 g/mol. The number of carbonyl (C=O) groups is 1. The fourth-order valence-corrected chi connectivity index (χ4v) is 16.7. The van der Waals surface area contributed by atoms with Gasteiger partial charge >= 0.3 is 87.9 Å². The van der Waals surface area contributed by atoms with E-state index in [0.717, 1.165) is 5.21 Å². The first-order chi connectivity index (χ1) is 5.60. The fraction of sp³-hybridized carbons (Fsp3) is 0.900. The molecule has 0 fully saturated rings. The van der Waals surface area contributed by atoms with Crippen molar-refractivity contribution in [2.75, 3.05) is 0 Å². The van der Waals surface area contributed by atoms with Gasteiger partial charge in [0.1, 0.15) is 0 Å². The van der Waals surface area contributed by atoms with Crippen molar-refractivity contribution < 1.29 is 4.79 Å². The summed E-state index contributed by atoms with van der Waals surface area (Å²) in [5, 5.41) is 1.15. The Morgan fingerprint density at radius 1 is 1.23 bits per heavy atom. The molecular formula is C10H23AsOSi. The fourth-order valence-electron chi connectivity index (χ4n) is 1.33. The van der Waals surface area contributed by atoms with E-state index in [4.69, 9.17) is 0 Å². The van der Waals surface area contributed by atoms with E-state index < -0.39 is 20.5 Å². The zero-order valence-electron chi connectivity index (χ0n) is 10.1. The summed E-state index contributed by atoms with van der Waals surface area (Å²) in [6.45, 7) is 14.3. The Hall–Kier alpha value is 0.445. The molecule has 0 rings (SSSR count). The third-order valence-electron chi connectivity index (χ3n) is 2.01. The van der Waals surface area contributed by atoms with Gasteiger partial charge in [0.15, 0.2) is 0 Å². The van der Waals surface area contributed by atoms with E-state index >= 15 is 0 Å². The molecule has 0 amide bonds. The molecule has 0 aromatic carbocycles. The van der Waals surface area contributed by atoms with Gasteiger partial charge in [0, 0.05) is 0 Å². The van der Waals surface area contributed by atoms with Crippen molar-refractivity contribution in [2.45, 2.75) is 52.5 Å². The first kappa shape index (κ1) is 13.4. The molecule has 0 spiro atoms. The van der Waals surface area contributed by atoms with Crippen LogP contribution in [0.5, 0.6) is 0 Å². The average molecular weight is 262 g/mol. The van der Waals surface area contributed by atoms with Crippen molar-refractivity contribution in [3.8, 4) is 0 Å². The summed E-state index contributed by atoms with van der Waals surface area (Å²) in [4.78, 5) is 12.1. The zero-order valence-corrected chi connectivity index (χ0v) is 12.9. The van der Waals surface area contributed by atoms with Crippen LogP contribution in [0.1, 0.15) is 27.7 Å². The molecule has 0 bridgehead atoms. The van der Waals surface area contributed by atoms with E-state index in [-0.39, 0.29) is 5.41 Å². The average Bonchev–Trinajstić information content (AvgIpc) is 1.83. The summed E-state index contributed by atoms with van der Waals surface area (Å²) in [6, 6.07) is 0. The van der Waals surface area contributed by atoms with E-state index in [1.807, 2.05) is 0 Å². The molecule has 13 heavy (non-hydrogen) atoms. The normalized spacial score (nSPS) is 15.6. The zero-order chi connectivity index (χ0) is 10.9. The molecule has 0 saturated carbocycles. The minimum atomic E-state index is -1.19. The Morgan fingerprint density at radius 2 is 1.62 bits per heavy atom. The van der Waals surface area contributed by atoms with Crippen LogP contribution in [0.4, 0.5) is 0 Å². The van der Waals surface area contributed by atoms with Gasteiger partial charge in [0.25, 0.3) is 0 Å². The second-order valence-electron chi connectivity index (χ2n) is 5.47.